The van der Waals surface area contributed by atoms with E-state index in [2.05, 4.69) is 45.9 Å². The fourth-order valence-electron chi connectivity index (χ4n) is 5.11. The molecule has 0 radical (unpaired) electrons. The second-order valence-electron chi connectivity index (χ2n) is 10.6. The molecule has 0 saturated heterocycles. The zero-order valence-corrected chi connectivity index (χ0v) is 31.1. The highest BCUT2D eigenvalue weighted by atomic mass is 32.2. The predicted octanol–water partition coefficient (Wildman–Crippen LogP) is 4.87. The van der Waals surface area contributed by atoms with Gasteiger partial charge >= 0.3 is 0 Å². The molecular formula is C36H44O10S4. The molecule has 2 N–H and O–H groups in total. The van der Waals surface area contributed by atoms with Gasteiger partial charge < -0.3 is 48.1 Å². The maximum absolute atomic E-state index is 8.74. The largest absolute Gasteiger partial charge is 0.491 e. The third-order valence-electron chi connectivity index (χ3n) is 7.23. The van der Waals surface area contributed by atoms with E-state index in [1.165, 1.54) is 18.9 Å². The minimum Gasteiger partial charge on any atom is -0.491 e. The van der Waals surface area contributed by atoms with Crippen molar-refractivity contribution in [2.24, 2.45) is 0 Å². The Morgan fingerprint density at radius 1 is 0.380 bits per heavy atom. The third-order valence-corrected chi connectivity index (χ3v) is 11.5. The van der Waals surface area contributed by atoms with Crippen molar-refractivity contribution in [3.63, 3.8) is 0 Å². The molecule has 272 valence electrons. The number of thioether (sulfide) groups is 4. The number of hydrogen-bond acceptors (Lipinski definition) is 14. The lowest BCUT2D eigenvalue weighted by molar-refractivity contribution is 0.00361. The van der Waals surface area contributed by atoms with Gasteiger partial charge in [-0.1, -0.05) is 47.0 Å². The van der Waals surface area contributed by atoms with Gasteiger partial charge in [-0.25, -0.2) is 0 Å². The molecule has 0 aromatic heterocycles. The van der Waals surface area contributed by atoms with Crippen LogP contribution in [0.1, 0.15) is 0 Å². The van der Waals surface area contributed by atoms with Gasteiger partial charge in [-0.2, -0.15) is 0 Å². The molecule has 0 fully saturated rings. The Hall–Kier alpha value is -1.92. The number of hydrogen-bond donors (Lipinski definition) is 2. The van der Waals surface area contributed by atoms with E-state index in [0.29, 0.717) is 92.5 Å². The normalized spacial score (nSPS) is 14.2. The topological polar surface area (TPSA) is 114 Å². The molecule has 5 rings (SSSR count). The monoisotopic (exact) mass is 764 g/mol. The summed E-state index contributed by atoms with van der Waals surface area (Å²) in [5, 5.41) is 33.0. The van der Waals surface area contributed by atoms with Crippen LogP contribution in [0.3, 0.4) is 0 Å². The molecule has 0 atom stereocenters. The van der Waals surface area contributed by atoms with Gasteiger partial charge in [0.2, 0.25) is 0 Å². The van der Waals surface area contributed by atoms with Crippen LogP contribution in [-0.2, 0) is 28.4 Å². The Balaban J connectivity index is 1.27. The van der Waals surface area contributed by atoms with Gasteiger partial charge in [0.1, 0.15) is 24.7 Å². The summed E-state index contributed by atoms with van der Waals surface area (Å²) < 4.78 is 47.5. The summed E-state index contributed by atoms with van der Waals surface area (Å²) in [7, 11) is 0. The van der Waals surface area contributed by atoms with Gasteiger partial charge in [-0.3, -0.25) is 0 Å². The van der Waals surface area contributed by atoms with E-state index in [0.717, 1.165) is 33.0 Å². The predicted molar refractivity (Wildman–Crippen MR) is 206 cm³/mol. The van der Waals surface area contributed by atoms with Gasteiger partial charge in [-0.15, -0.1) is 0 Å². The highest BCUT2D eigenvalue weighted by molar-refractivity contribution is 8.35. The van der Waals surface area contributed by atoms with Crippen LogP contribution in [0.5, 0.6) is 11.5 Å². The summed E-state index contributed by atoms with van der Waals surface area (Å²) in [5.41, 5.74) is 0. The average Bonchev–Trinajstić information content (AvgIpc) is 3.87. The zero-order valence-electron chi connectivity index (χ0n) is 27.9. The summed E-state index contributed by atoms with van der Waals surface area (Å²) in [6.45, 7) is 6.17. The van der Waals surface area contributed by atoms with Crippen LogP contribution in [0.4, 0.5) is 0 Å². The van der Waals surface area contributed by atoms with Gasteiger partial charge in [-0.05, 0) is 79.6 Å². The molecule has 14 heteroatoms. The Labute approximate surface area is 309 Å². The van der Waals surface area contributed by atoms with Crippen LogP contribution in [0.15, 0.2) is 58.0 Å². The number of aliphatic hydroxyl groups is 2. The number of benzene rings is 3. The first kappa shape index (κ1) is 39.3. The third kappa shape index (κ3) is 12.1. The molecule has 2 aliphatic heterocycles. The molecule has 0 amide bonds. The lowest BCUT2D eigenvalue weighted by Crippen LogP contribution is -2.18. The highest BCUT2D eigenvalue weighted by Gasteiger charge is 2.17. The maximum Gasteiger partial charge on any atom is 0.120 e. The summed E-state index contributed by atoms with van der Waals surface area (Å²) in [5.74, 6) is 1.59. The number of fused-ring (bicyclic) bond motifs is 2. The molecule has 0 bridgehead atoms. The van der Waals surface area contributed by atoms with E-state index in [1.807, 2.05) is 12.1 Å². The summed E-state index contributed by atoms with van der Waals surface area (Å²) in [4.78, 5) is 0. The summed E-state index contributed by atoms with van der Waals surface area (Å²) in [6.07, 6.45) is 0. The zero-order chi connectivity index (χ0) is 34.6. The summed E-state index contributed by atoms with van der Waals surface area (Å²) in [6, 6.07) is 12.7. The Morgan fingerprint density at radius 2 is 0.700 bits per heavy atom. The second kappa shape index (κ2) is 22.9. The molecule has 3 aromatic rings. The first-order valence-corrected chi connectivity index (χ1v) is 20.0. The molecule has 2 heterocycles. The van der Waals surface area contributed by atoms with E-state index in [1.54, 1.807) is 47.0 Å². The molecule has 0 spiro atoms. The van der Waals surface area contributed by atoms with E-state index in [9.17, 15) is 0 Å². The fourth-order valence-corrected chi connectivity index (χ4v) is 8.95. The average molecular weight is 765 g/mol. The Morgan fingerprint density at radius 3 is 1.04 bits per heavy atom. The van der Waals surface area contributed by atoms with Crippen LogP contribution in [0.2, 0.25) is 0 Å². The second-order valence-corrected chi connectivity index (χ2v) is 14.8. The molecule has 0 saturated carbocycles. The lowest BCUT2D eigenvalue weighted by atomic mass is 9.98. The lowest BCUT2D eigenvalue weighted by Gasteiger charge is -2.14. The van der Waals surface area contributed by atoms with Crippen molar-refractivity contribution in [1.82, 2.24) is 0 Å². The van der Waals surface area contributed by atoms with Crippen molar-refractivity contribution in [2.45, 2.75) is 0 Å². The van der Waals surface area contributed by atoms with Crippen molar-refractivity contribution in [1.29, 1.82) is 0 Å². The molecule has 0 aliphatic carbocycles. The van der Waals surface area contributed by atoms with E-state index in [4.69, 9.17) is 48.1 Å². The van der Waals surface area contributed by atoms with Crippen LogP contribution in [0.25, 0.3) is 30.0 Å². The van der Waals surface area contributed by atoms with Crippen LogP contribution < -0.4 is 19.9 Å². The number of ether oxygens (including phenoxy) is 8. The highest BCUT2D eigenvalue weighted by Crippen LogP contribution is 2.41. The van der Waals surface area contributed by atoms with Crippen molar-refractivity contribution in [3.8, 4) is 11.5 Å². The van der Waals surface area contributed by atoms with Gasteiger partial charge in [0.15, 0.2) is 0 Å². The molecule has 3 aromatic carbocycles. The Kier molecular flexibility index (Phi) is 18.0. The van der Waals surface area contributed by atoms with Crippen molar-refractivity contribution in [2.75, 3.05) is 106 Å². The first-order valence-electron chi connectivity index (χ1n) is 16.5. The molecular weight excluding hydrogens is 721 g/mol. The van der Waals surface area contributed by atoms with Crippen LogP contribution in [0, 0.1) is 0 Å². The minimum atomic E-state index is 0.0145. The van der Waals surface area contributed by atoms with Crippen molar-refractivity contribution in [3.05, 3.63) is 68.5 Å². The van der Waals surface area contributed by atoms with E-state index >= 15 is 0 Å². The smallest absolute Gasteiger partial charge is 0.120 e. The quantitative estimate of drug-likeness (QED) is 0.0956. The first-order chi connectivity index (χ1) is 24.8. The molecule has 0 unspecified atom stereocenters. The molecule has 10 nitrogen and oxygen atoms in total. The van der Waals surface area contributed by atoms with E-state index < -0.39 is 0 Å². The van der Waals surface area contributed by atoms with Gasteiger partial charge in [0.25, 0.3) is 0 Å². The van der Waals surface area contributed by atoms with Gasteiger partial charge in [0, 0.05) is 10.4 Å². The van der Waals surface area contributed by atoms with Crippen LogP contribution >= 0.6 is 47.0 Å². The minimum absolute atomic E-state index is 0.0145. The summed E-state index contributed by atoms with van der Waals surface area (Å²) >= 11 is 6.97. The van der Waals surface area contributed by atoms with Gasteiger partial charge in [0.05, 0.1) is 101 Å². The molecule has 2 aliphatic rings. The van der Waals surface area contributed by atoms with E-state index in [-0.39, 0.29) is 13.2 Å². The number of rotatable bonds is 24. The van der Waals surface area contributed by atoms with Crippen LogP contribution in [-0.4, -0.2) is 116 Å². The molecule has 50 heavy (non-hydrogen) atoms. The van der Waals surface area contributed by atoms with Crippen molar-refractivity contribution < 1.29 is 48.1 Å². The standard InChI is InChI=1S/C36H44O10S4/c37-5-7-39-9-11-41-13-15-43-17-19-45-27-1-3-29-31(25-27)34(36-49-23-24-50-36)30-4-2-28(26-32(30)33(29)35-47-21-22-48-35)46-20-18-44-16-14-42-12-10-40-8-6-38/h1-4,21-26,37-38H,5-20H2. The Bertz CT molecular complexity index is 1540. The fraction of sp³-hybridized carbons (Fsp3) is 0.444. The van der Waals surface area contributed by atoms with Crippen molar-refractivity contribution >= 4 is 77.1 Å². The number of aliphatic hydroxyl groups excluding tert-OH is 2. The SMILES string of the molecule is OCCOCCOCCOCCOc1ccc2c(=C3SC=CS3)c3cc(OCCOCCOCCOCCO)ccc3c(=C3SC=CS3)c2c1. The maximum atomic E-state index is 8.74.